The molecule has 1 atom stereocenters. The molecule has 1 saturated carbocycles. The molecule has 1 aliphatic carbocycles. The Labute approximate surface area is 79.5 Å². The van der Waals surface area contributed by atoms with Gasteiger partial charge in [-0.15, -0.1) is 0 Å². The Hall–Kier alpha value is -0.730. The third-order valence-corrected chi connectivity index (χ3v) is 2.97. The number of nitrogens with one attached hydrogen (secondary N) is 1. The van der Waals surface area contributed by atoms with E-state index in [9.17, 15) is 4.79 Å². The van der Waals surface area contributed by atoms with E-state index in [4.69, 9.17) is 5.11 Å². The fourth-order valence-corrected chi connectivity index (χ4v) is 2.25. The second-order valence-electron chi connectivity index (χ2n) is 3.86. The fraction of sp³-hybridized carbons (Fsp3) is 0.900. The van der Waals surface area contributed by atoms with E-state index in [2.05, 4.69) is 12.2 Å². The van der Waals surface area contributed by atoms with Gasteiger partial charge in [0.2, 0.25) is 0 Å². The fourth-order valence-electron chi connectivity index (χ4n) is 2.25. The maximum atomic E-state index is 10.5. The number of carboxylic acid groups (broad SMARTS) is 1. The van der Waals surface area contributed by atoms with Crippen LogP contribution in [0.15, 0.2) is 0 Å². The summed E-state index contributed by atoms with van der Waals surface area (Å²) in [6.07, 6.45) is 6.27. The molecule has 0 spiro atoms. The number of hydrogen-bond acceptors (Lipinski definition) is 1. The highest BCUT2D eigenvalue weighted by atomic mass is 16.4. The van der Waals surface area contributed by atoms with Gasteiger partial charge in [0.15, 0.2) is 0 Å². The Balaban J connectivity index is 2.39. The van der Waals surface area contributed by atoms with E-state index in [0.717, 1.165) is 6.42 Å². The number of hydrogen-bond donors (Lipinski definition) is 2. The zero-order valence-electron chi connectivity index (χ0n) is 8.25. The van der Waals surface area contributed by atoms with Gasteiger partial charge < -0.3 is 10.4 Å². The van der Waals surface area contributed by atoms with E-state index in [1.165, 1.54) is 32.1 Å². The van der Waals surface area contributed by atoms with E-state index in [1.54, 1.807) is 0 Å². The van der Waals surface area contributed by atoms with Crippen LogP contribution >= 0.6 is 0 Å². The van der Waals surface area contributed by atoms with Crippen LogP contribution in [0, 0.1) is 5.92 Å². The zero-order chi connectivity index (χ0) is 9.68. The lowest BCUT2D eigenvalue weighted by Gasteiger charge is -2.29. The van der Waals surface area contributed by atoms with Crippen LogP contribution in [-0.2, 0) is 0 Å². The van der Waals surface area contributed by atoms with Crippen LogP contribution in [0.3, 0.4) is 0 Å². The van der Waals surface area contributed by atoms with E-state index >= 15 is 0 Å². The summed E-state index contributed by atoms with van der Waals surface area (Å²) in [5.41, 5.74) is 0. The summed E-state index contributed by atoms with van der Waals surface area (Å²) < 4.78 is 0. The van der Waals surface area contributed by atoms with Gasteiger partial charge in [-0.2, -0.15) is 0 Å². The molecule has 0 bridgehead atoms. The van der Waals surface area contributed by atoms with Crippen molar-refractivity contribution in [3.63, 3.8) is 0 Å². The maximum absolute atomic E-state index is 10.5. The van der Waals surface area contributed by atoms with Crippen molar-refractivity contribution in [1.29, 1.82) is 0 Å². The van der Waals surface area contributed by atoms with E-state index in [1.807, 2.05) is 0 Å². The van der Waals surface area contributed by atoms with E-state index in [0.29, 0.717) is 5.92 Å². The van der Waals surface area contributed by atoms with Crippen LogP contribution in [0.1, 0.15) is 45.4 Å². The molecule has 0 aromatic heterocycles. The number of rotatable bonds is 3. The quantitative estimate of drug-likeness (QED) is 0.710. The van der Waals surface area contributed by atoms with Crippen LogP contribution in [0.2, 0.25) is 0 Å². The summed E-state index contributed by atoms with van der Waals surface area (Å²) in [6.45, 7) is 2.05. The van der Waals surface area contributed by atoms with Gasteiger partial charge in [-0.3, -0.25) is 0 Å². The van der Waals surface area contributed by atoms with Gasteiger partial charge in [-0.05, 0) is 25.2 Å². The van der Waals surface area contributed by atoms with Gasteiger partial charge in [0.1, 0.15) is 0 Å². The van der Waals surface area contributed by atoms with Crippen LogP contribution in [0.4, 0.5) is 4.79 Å². The van der Waals surface area contributed by atoms with Crippen LogP contribution in [0.5, 0.6) is 0 Å². The monoisotopic (exact) mass is 185 g/mol. The minimum Gasteiger partial charge on any atom is -0.465 e. The first-order valence-electron chi connectivity index (χ1n) is 5.23. The summed E-state index contributed by atoms with van der Waals surface area (Å²) in [4.78, 5) is 10.5. The first-order valence-corrected chi connectivity index (χ1v) is 5.23. The molecule has 3 heteroatoms. The van der Waals surface area contributed by atoms with Gasteiger partial charge in [0.05, 0.1) is 0 Å². The van der Waals surface area contributed by atoms with E-state index in [-0.39, 0.29) is 6.04 Å². The van der Waals surface area contributed by atoms with Crippen molar-refractivity contribution in [2.45, 2.75) is 51.5 Å². The van der Waals surface area contributed by atoms with Gasteiger partial charge >= 0.3 is 6.09 Å². The molecule has 13 heavy (non-hydrogen) atoms. The Kier molecular flexibility index (Phi) is 4.06. The molecule has 0 saturated heterocycles. The van der Waals surface area contributed by atoms with Gasteiger partial charge in [-0.1, -0.05) is 26.2 Å². The Morgan fingerprint density at radius 3 is 2.54 bits per heavy atom. The van der Waals surface area contributed by atoms with Crippen molar-refractivity contribution in [3.05, 3.63) is 0 Å². The van der Waals surface area contributed by atoms with E-state index < -0.39 is 6.09 Å². The topological polar surface area (TPSA) is 49.3 Å². The highest BCUT2D eigenvalue weighted by Crippen LogP contribution is 2.27. The highest BCUT2D eigenvalue weighted by Gasteiger charge is 2.23. The minimum atomic E-state index is -0.877. The lowest BCUT2D eigenvalue weighted by atomic mass is 9.83. The molecule has 3 nitrogen and oxygen atoms in total. The lowest BCUT2D eigenvalue weighted by Crippen LogP contribution is -2.39. The SMILES string of the molecule is CCC(NC(=O)O)C1CCCCC1. The van der Waals surface area contributed by atoms with Crippen molar-refractivity contribution in [1.82, 2.24) is 5.32 Å². The van der Waals surface area contributed by atoms with Crippen molar-refractivity contribution in [3.8, 4) is 0 Å². The number of carbonyl (C=O) groups is 1. The maximum Gasteiger partial charge on any atom is 0.404 e. The summed E-state index contributed by atoms with van der Waals surface area (Å²) in [7, 11) is 0. The van der Waals surface area contributed by atoms with Gasteiger partial charge in [-0.25, -0.2) is 4.79 Å². The molecule has 1 unspecified atom stereocenters. The predicted molar refractivity (Wildman–Crippen MR) is 51.8 cm³/mol. The predicted octanol–water partition coefficient (Wildman–Crippen LogP) is 2.61. The second kappa shape index (κ2) is 5.10. The highest BCUT2D eigenvalue weighted by molar-refractivity contribution is 5.64. The first kappa shape index (κ1) is 10.4. The van der Waals surface area contributed by atoms with Crippen LogP contribution < -0.4 is 5.32 Å². The molecule has 1 fully saturated rings. The molecule has 1 aliphatic rings. The van der Waals surface area contributed by atoms with Crippen LogP contribution in [-0.4, -0.2) is 17.2 Å². The zero-order valence-corrected chi connectivity index (χ0v) is 8.25. The average molecular weight is 185 g/mol. The third-order valence-electron chi connectivity index (χ3n) is 2.97. The van der Waals surface area contributed by atoms with Crippen molar-refractivity contribution in [2.75, 3.05) is 0 Å². The third kappa shape index (κ3) is 3.25. The molecular weight excluding hydrogens is 166 g/mol. The smallest absolute Gasteiger partial charge is 0.404 e. The van der Waals surface area contributed by atoms with Crippen molar-refractivity contribution < 1.29 is 9.90 Å². The summed E-state index contributed by atoms with van der Waals surface area (Å²) in [6, 6.07) is 0.179. The number of amides is 1. The van der Waals surface area contributed by atoms with Crippen molar-refractivity contribution >= 4 is 6.09 Å². The normalized spacial score (nSPS) is 21.0. The minimum absolute atomic E-state index is 0.179. The Bertz CT molecular complexity index is 164. The summed E-state index contributed by atoms with van der Waals surface area (Å²) in [5.74, 6) is 0.579. The summed E-state index contributed by atoms with van der Waals surface area (Å²) >= 11 is 0. The Morgan fingerprint density at radius 1 is 1.46 bits per heavy atom. The molecule has 2 N–H and O–H groups in total. The molecule has 0 aromatic carbocycles. The standard InChI is InChI=1S/C10H19NO2/c1-2-9(11-10(12)13)8-6-4-3-5-7-8/h8-9,11H,2-7H2,1H3,(H,12,13). The molecule has 0 aromatic rings. The first-order chi connectivity index (χ1) is 6.24. The molecule has 0 aliphatic heterocycles. The van der Waals surface area contributed by atoms with Gasteiger partial charge in [0, 0.05) is 6.04 Å². The largest absolute Gasteiger partial charge is 0.465 e. The molecular formula is C10H19NO2. The van der Waals surface area contributed by atoms with Crippen LogP contribution in [0.25, 0.3) is 0 Å². The van der Waals surface area contributed by atoms with Gasteiger partial charge in [0.25, 0.3) is 0 Å². The molecule has 1 rings (SSSR count). The molecule has 76 valence electrons. The summed E-state index contributed by atoms with van der Waals surface area (Å²) in [5, 5.41) is 11.3. The molecule has 1 amide bonds. The molecule has 0 heterocycles. The average Bonchev–Trinajstić information content (AvgIpc) is 2.15. The molecule has 0 radical (unpaired) electrons. The second-order valence-corrected chi connectivity index (χ2v) is 3.86. The van der Waals surface area contributed by atoms with Crippen molar-refractivity contribution in [2.24, 2.45) is 5.92 Å². The Morgan fingerprint density at radius 2 is 2.08 bits per heavy atom. The lowest BCUT2D eigenvalue weighted by molar-refractivity contribution is 0.177.